The van der Waals surface area contributed by atoms with Crippen molar-refractivity contribution in [1.29, 1.82) is 0 Å². The topological polar surface area (TPSA) is 93.4 Å². The highest BCUT2D eigenvalue weighted by molar-refractivity contribution is 7.80. The van der Waals surface area contributed by atoms with E-state index < -0.39 is 11.8 Å². The van der Waals surface area contributed by atoms with Gasteiger partial charge in [0.25, 0.3) is 0 Å². The van der Waals surface area contributed by atoms with Gasteiger partial charge in [0.05, 0.1) is 18.1 Å². The first-order chi connectivity index (χ1) is 7.93. The van der Waals surface area contributed by atoms with Crippen LogP contribution >= 0.6 is 12.2 Å². The van der Waals surface area contributed by atoms with Gasteiger partial charge in [-0.25, -0.2) is 0 Å². The molecule has 0 aromatic rings. The first-order valence-corrected chi connectivity index (χ1v) is 5.76. The molecule has 0 fully saturated rings. The fourth-order valence-corrected chi connectivity index (χ4v) is 0.956. The van der Waals surface area contributed by atoms with Crippen molar-refractivity contribution in [3.63, 3.8) is 0 Å². The van der Waals surface area contributed by atoms with Crippen LogP contribution in [-0.2, 0) is 14.3 Å². The zero-order valence-corrected chi connectivity index (χ0v) is 10.9. The molecule has 0 aliphatic rings. The average Bonchev–Trinajstić information content (AvgIpc) is 2.24. The fourth-order valence-electron chi connectivity index (χ4n) is 0.884. The minimum Gasteiger partial charge on any atom is -0.392 e. The molecule has 2 amide bonds. The summed E-state index contributed by atoms with van der Waals surface area (Å²) in [5, 5.41) is 4.70. The summed E-state index contributed by atoms with van der Waals surface area (Å²) in [6, 6.07) is 0. The number of amides is 2. The molecule has 0 aliphatic heterocycles. The molecule has 0 radical (unpaired) electrons. The van der Waals surface area contributed by atoms with Gasteiger partial charge in [-0.15, -0.1) is 0 Å². The standard InChI is InChI=1S/C10H19N3O3S/c1-7(2)6-16-4-3-12-9(14)10(15)13-5-8(11)17/h7H,3-6H2,1-2H3,(H2,11,17)(H,12,14)(H,13,15). The Kier molecular flexibility index (Phi) is 8.25. The molecule has 6 nitrogen and oxygen atoms in total. The number of ether oxygens (including phenoxy) is 1. The summed E-state index contributed by atoms with van der Waals surface area (Å²) >= 11 is 4.56. The highest BCUT2D eigenvalue weighted by atomic mass is 32.1. The molecule has 0 bridgehead atoms. The van der Waals surface area contributed by atoms with E-state index in [4.69, 9.17) is 10.5 Å². The van der Waals surface area contributed by atoms with E-state index in [1.807, 2.05) is 13.8 Å². The Hall–Kier alpha value is -1.21. The summed E-state index contributed by atoms with van der Waals surface area (Å²) in [4.78, 5) is 22.5. The zero-order valence-electron chi connectivity index (χ0n) is 10.1. The molecule has 0 spiro atoms. The minimum absolute atomic E-state index is 0.0193. The summed E-state index contributed by atoms with van der Waals surface area (Å²) in [5.41, 5.74) is 5.17. The smallest absolute Gasteiger partial charge is 0.309 e. The maximum absolute atomic E-state index is 11.2. The number of carbonyl (C=O) groups is 2. The maximum atomic E-state index is 11.2. The van der Waals surface area contributed by atoms with E-state index >= 15 is 0 Å². The number of nitrogens with one attached hydrogen (secondary N) is 2. The van der Waals surface area contributed by atoms with Gasteiger partial charge in [-0.1, -0.05) is 26.1 Å². The Bertz CT molecular complexity index is 282. The summed E-state index contributed by atoms with van der Waals surface area (Å²) < 4.78 is 5.24. The van der Waals surface area contributed by atoms with Crippen LogP contribution in [0, 0.1) is 5.92 Å². The van der Waals surface area contributed by atoms with E-state index in [1.165, 1.54) is 0 Å². The second-order valence-corrected chi connectivity index (χ2v) is 4.40. The number of thiocarbonyl (C=S) groups is 1. The number of rotatable bonds is 7. The molecule has 0 unspecified atom stereocenters. The second-order valence-electron chi connectivity index (χ2n) is 3.87. The third-order valence-electron chi connectivity index (χ3n) is 1.61. The lowest BCUT2D eigenvalue weighted by molar-refractivity contribution is -0.139. The molecule has 0 aromatic carbocycles. The lowest BCUT2D eigenvalue weighted by atomic mass is 10.2. The molecule has 0 rings (SSSR count). The Morgan fingerprint density at radius 1 is 1.29 bits per heavy atom. The third kappa shape index (κ3) is 9.70. The van der Waals surface area contributed by atoms with Gasteiger partial charge in [-0.2, -0.15) is 0 Å². The molecule has 0 aliphatic carbocycles. The average molecular weight is 261 g/mol. The molecule has 0 saturated heterocycles. The van der Waals surface area contributed by atoms with Gasteiger partial charge in [0, 0.05) is 13.2 Å². The monoisotopic (exact) mass is 261 g/mol. The largest absolute Gasteiger partial charge is 0.392 e. The highest BCUT2D eigenvalue weighted by Gasteiger charge is 2.11. The van der Waals surface area contributed by atoms with Crippen LogP contribution in [0.3, 0.4) is 0 Å². The van der Waals surface area contributed by atoms with Crippen molar-refractivity contribution in [1.82, 2.24) is 10.6 Å². The van der Waals surface area contributed by atoms with Crippen molar-refractivity contribution in [3.8, 4) is 0 Å². The number of hydrogen-bond donors (Lipinski definition) is 3. The van der Waals surface area contributed by atoms with Crippen LogP contribution in [0.15, 0.2) is 0 Å². The van der Waals surface area contributed by atoms with E-state index in [0.29, 0.717) is 25.7 Å². The van der Waals surface area contributed by atoms with Crippen LogP contribution in [-0.4, -0.2) is 43.1 Å². The van der Waals surface area contributed by atoms with Crippen LogP contribution < -0.4 is 16.4 Å². The summed E-state index contributed by atoms with van der Waals surface area (Å²) in [7, 11) is 0. The summed E-state index contributed by atoms with van der Waals surface area (Å²) in [6.07, 6.45) is 0. The predicted octanol–water partition coefficient (Wildman–Crippen LogP) is -0.822. The van der Waals surface area contributed by atoms with Gasteiger partial charge in [0.2, 0.25) is 0 Å². The van der Waals surface area contributed by atoms with E-state index in [0.717, 1.165) is 0 Å². The first-order valence-electron chi connectivity index (χ1n) is 5.35. The van der Waals surface area contributed by atoms with Crippen LogP contribution in [0.25, 0.3) is 0 Å². The van der Waals surface area contributed by atoms with Crippen LogP contribution in [0.5, 0.6) is 0 Å². The fraction of sp³-hybridized carbons (Fsp3) is 0.700. The van der Waals surface area contributed by atoms with Crippen molar-refractivity contribution < 1.29 is 14.3 Å². The third-order valence-corrected chi connectivity index (χ3v) is 1.76. The first kappa shape index (κ1) is 15.8. The van der Waals surface area contributed by atoms with Gasteiger partial charge >= 0.3 is 11.8 Å². The van der Waals surface area contributed by atoms with Crippen molar-refractivity contribution in [2.45, 2.75) is 13.8 Å². The van der Waals surface area contributed by atoms with Crippen LogP contribution in [0.4, 0.5) is 0 Å². The van der Waals surface area contributed by atoms with E-state index in [9.17, 15) is 9.59 Å². The van der Waals surface area contributed by atoms with E-state index in [1.54, 1.807) is 0 Å². The van der Waals surface area contributed by atoms with Gasteiger partial charge in [-0.3, -0.25) is 9.59 Å². The van der Waals surface area contributed by atoms with Crippen LogP contribution in [0.2, 0.25) is 0 Å². The van der Waals surface area contributed by atoms with Gasteiger partial charge < -0.3 is 21.1 Å². The van der Waals surface area contributed by atoms with Crippen molar-refractivity contribution in [3.05, 3.63) is 0 Å². The zero-order chi connectivity index (χ0) is 13.3. The molecule has 17 heavy (non-hydrogen) atoms. The van der Waals surface area contributed by atoms with Gasteiger partial charge in [0.1, 0.15) is 0 Å². The quantitative estimate of drug-likeness (QED) is 0.316. The Morgan fingerprint density at radius 2 is 1.88 bits per heavy atom. The second kappa shape index (κ2) is 8.89. The molecular formula is C10H19N3O3S. The van der Waals surface area contributed by atoms with Gasteiger partial charge in [0.15, 0.2) is 0 Å². The predicted molar refractivity (Wildman–Crippen MR) is 68.5 cm³/mol. The molecule has 0 aromatic heterocycles. The molecule has 98 valence electrons. The van der Waals surface area contributed by atoms with Crippen molar-refractivity contribution >= 4 is 29.0 Å². The normalized spacial score (nSPS) is 10.1. The molecule has 7 heteroatoms. The molecule has 0 atom stereocenters. The summed E-state index contributed by atoms with van der Waals surface area (Å²) in [5.74, 6) is -1.02. The molecular weight excluding hydrogens is 242 g/mol. The van der Waals surface area contributed by atoms with Gasteiger partial charge in [-0.05, 0) is 5.92 Å². The molecule has 0 saturated carbocycles. The Labute approximate surface area is 106 Å². The van der Waals surface area contributed by atoms with E-state index in [-0.39, 0.29) is 11.5 Å². The number of hydrogen-bond acceptors (Lipinski definition) is 4. The lowest BCUT2D eigenvalue weighted by Crippen LogP contribution is -2.43. The van der Waals surface area contributed by atoms with Crippen LogP contribution in [0.1, 0.15) is 13.8 Å². The minimum atomic E-state index is -0.748. The van der Waals surface area contributed by atoms with Crippen molar-refractivity contribution in [2.24, 2.45) is 11.7 Å². The van der Waals surface area contributed by atoms with E-state index in [2.05, 4.69) is 22.9 Å². The summed E-state index contributed by atoms with van der Waals surface area (Å²) in [6.45, 7) is 5.39. The Morgan fingerprint density at radius 3 is 2.41 bits per heavy atom. The highest BCUT2D eigenvalue weighted by Crippen LogP contribution is 1.90. The maximum Gasteiger partial charge on any atom is 0.309 e. The molecule has 0 heterocycles. The lowest BCUT2D eigenvalue weighted by Gasteiger charge is -2.08. The molecule has 4 N–H and O–H groups in total. The Balaban J connectivity index is 3.57. The van der Waals surface area contributed by atoms with Crippen molar-refractivity contribution in [2.75, 3.05) is 26.3 Å². The SMILES string of the molecule is CC(C)COCCNC(=O)C(=O)NCC(N)=S. The number of carbonyl (C=O) groups excluding carboxylic acids is 2. The number of nitrogens with two attached hydrogens (primary N) is 1.